The molecule has 4 heterocycles. The molecule has 2 unspecified atom stereocenters. The van der Waals surface area contributed by atoms with Gasteiger partial charge in [-0.3, -0.25) is 14.9 Å². The number of aromatic amines is 1. The number of carbonyl (C=O) groups excluding carboxylic acids is 1. The van der Waals surface area contributed by atoms with Crippen molar-refractivity contribution in [3.63, 3.8) is 0 Å². The molecule has 0 fully saturated rings. The third-order valence-electron chi connectivity index (χ3n) is 5.90. The minimum Gasteiger partial charge on any atom is -0.344 e. The van der Waals surface area contributed by atoms with Crippen LogP contribution < -0.4 is 10.6 Å². The molecule has 3 N–H and O–H groups in total. The van der Waals surface area contributed by atoms with E-state index in [0.29, 0.717) is 28.8 Å². The van der Waals surface area contributed by atoms with Crippen molar-refractivity contribution in [1.82, 2.24) is 35.5 Å². The molecule has 0 spiro atoms. The van der Waals surface area contributed by atoms with Crippen LogP contribution in [0.25, 0.3) is 11.4 Å². The predicted molar refractivity (Wildman–Crippen MR) is 135 cm³/mol. The summed E-state index contributed by atoms with van der Waals surface area (Å²) >= 11 is 0. The molecule has 0 saturated heterocycles. The summed E-state index contributed by atoms with van der Waals surface area (Å²) in [7, 11) is 0. The van der Waals surface area contributed by atoms with Gasteiger partial charge in [-0.15, -0.1) is 0 Å². The molecule has 9 nitrogen and oxygen atoms in total. The number of anilines is 2. The summed E-state index contributed by atoms with van der Waals surface area (Å²) < 4.78 is 14.9. The number of rotatable bonds is 8. The molecule has 0 aromatic carbocycles. The third-order valence-corrected chi connectivity index (χ3v) is 5.90. The second-order valence-corrected chi connectivity index (χ2v) is 8.85. The second-order valence-electron chi connectivity index (χ2n) is 8.85. The highest BCUT2D eigenvalue weighted by atomic mass is 19.1. The number of nitrogens with one attached hydrogen (secondary N) is 3. The normalized spacial score (nSPS) is 12.7. The van der Waals surface area contributed by atoms with E-state index in [-0.39, 0.29) is 17.6 Å². The molecule has 4 aromatic heterocycles. The molecule has 4 rings (SSSR count). The van der Waals surface area contributed by atoms with Crippen LogP contribution in [0.3, 0.4) is 0 Å². The average Bonchev–Trinajstić information content (AvgIpc) is 3.27. The van der Waals surface area contributed by atoms with Crippen LogP contribution in [-0.2, 0) is 0 Å². The second kappa shape index (κ2) is 10.6. The zero-order valence-corrected chi connectivity index (χ0v) is 20.9. The van der Waals surface area contributed by atoms with Crippen molar-refractivity contribution in [2.75, 3.05) is 5.32 Å². The van der Waals surface area contributed by atoms with Crippen molar-refractivity contribution in [2.45, 2.75) is 53.0 Å². The number of hydrogen-bond donors (Lipinski definition) is 3. The molecule has 0 aliphatic carbocycles. The lowest BCUT2D eigenvalue weighted by atomic mass is 10.0. The van der Waals surface area contributed by atoms with Gasteiger partial charge in [-0.25, -0.2) is 19.3 Å². The Bertz CT molecular complexity index is 1370. The number of amides is 1. The third kappa shape index (κ3) is 5.70. The number of nitrogens with zero attached hydrogens (tertiary/aromatic N) is 5. The Kier molecular flexibility index (Phi) is 7.33. The van der Waals surface area contributed by atoms with Crippen LogP contribution in [0, 0.1) is 19.7 Å². The lowest BCUT2D eigenvalue weighted by molar-refractivity contribution is 0.0930. The lowest BCUT2D eigenvalue weighted by Crippen LogP contribution is -2.28. The minimum atomic E-state index is -0.759. The zero-order chi connectivity index (χ0) is 25.8. The zero-order valence-electron chi connectivity index (χ0n) is 20.9. The van der Waals surface area contributed by atoms with Gasteiger partial charge >= 0.3 is 0 Å². The fraction of sp³-hybridized carbons (Fsp3) is 0.308. The van der Waals surface area contributed by atoms with Gasteiger partial charge in [0, 0.05) is 47.2 Å². The average molecular weight is 489 g/mol. The van der Waals surface area contributed by atoms with Crippen molar-refractivity contribution < 1.29 is 9.18 Å². The van der Waals surface area contributed by atoms with Gasteiger partial charge in [-0.1, -0.05) is 19.9 Å². The summed E-state index contributed by atoms with van der Waals surface area (Å²) in [5.41, 5.74) is 3.46. The lowest BCUT2D eigenvalue weighted by Gasteiger charge is -2.15. The number of carbonyl (C=O) groups is 1. The Morgan fingerprint density at radius 3 is 2.50 bits per heavy atom. The van der Waals surface area contributed by atoms with Crippen LogP contribution in [0.1, 0.15) is 72.3 Å². The molecule has 0 aliphatic rings. The highest BCUT2D eigenvalue weighted by Crippen LogP contribution is 2.22. The fourth-order valence-electron chi connectivity index (χ4n) is 3.62. The van der Waals surface area contributed by atoms with Crippen LogP contribution in [-0.4, -0.2) is 36.0 Å². The van der Waals surface area contributed by atoms with Crippen molar-refractivity contribution in [1.29, 1.82) is 0 Å². The Labute approximate surface area is 209 Å². The Morgan fingerprint density at radius 1 is 1.06 bits per heavy atom. The van der Waals surface area contributed by atoms with Gasteiger partial charge < -0.3 is 10.6 Å². The first-order valence-electron chi connectivity index (χ1n) is 11.8. The Balaban J connectivity index is 1.49. The smallest absolute Gasteiger partial charge is 0.273 e. The largest absolute Gasteiger partial charge is 0.344 e. The number of aryl methyl sites for hydroxylation is 2. The summed E-state index contributed by atoms with van der Waals surface area (Å²) in [5.74, 6) is 0.382. The van der Waals surface area contributed by atoms with Crippen molar-refractivity contribution in [2.24, 2.45) is 0 Å². The van der Waals surface area contributed by atoms with Gasteiger partial charge in [-0.05, 0) is 50.8 Å². The SMILES string of the molecule is CCC(C)c1ccc(C(C)NC(=O)c2ncc(-c3nc(C)cc(Nc4cc(C)[nH]n4)n3)cc2F)cn1. The predicted octanol–water partition coefficient (Wildman–Crippen LogP) is 5.16. The van der Waals surface area contributed by atoms with E-state index in [0.717, 1.165) is 23.4 Å². The van der Waals surface area contributed by atoms with E-state index in [1.54, 1.807) is 12.3 Å². The minimum absolute atomic E-state index is 0.281. The summed E-state index contributed by atoms with van der Waals surface area (Å²) in [5, 5.41) is 12.9. The van der Waals surface area contributed by atoms with Gasteiger partial charge in [0.1, 0.15) is 5.82 Å². The van der Waals surface area contributed by atoms with Crippen LogP contribution in [0.15, 0.2) is 42.7 Å². The molecular formula is C26H29FN8O. The Hall–Kier alpha value is -4.21. The summed E-state index contributed by atoms with van der Waals surface area (Å²) in [4.78, 5) is 30.1. The van der Waals surface area contributed by atoms with E-state index in [9.17, 15) is 9.18 Å². The van der Waals surface area contributed by atoms with E-state index < -0.39 is 11.7 Å². The number of H-pyrrole nitrogens is 1. The maximum Gasteiger partial charge on any atom is 0.273 e. The van der Waals surface area contributed by atoms with Crippen molar-refractivity contribution in [3.8, 4) is 11.4 Å². The molecule has 2 atom stereocenters. The number of hydrogen-bond acceptors (Lipinski definition) is 7. The molecule has 0 radical (unpaired) electrons. The summed E-state index contributed by atoms with van der Waals surface area (Å²) in [6, 6.07) is 8.33. The van der Waals surface area contributed by atoms with E-state index >= 15 is 0 Å². The van der Waals surface area contributed by atoms with E-state index in [1.165, 1.54) is 12.3 Å². The van der Waals surface area contributed by atoms with Crippen LogP contribution >= 0.6 is 0 Å². The quantitative estimate of drug-likeness (QED) is 0.313. The standard InChI is InChI=1S/C26H29FN8O/c1-6-14(2)21-8-7-18(12-28-21)17(5)31-26(36)24-20(27)11-19(13-29-24)25-30-15(3)9-22(33-25)32-23-10-16(4)34-35-23/h7-14,17H,6H2,1-5H3,(H,31,36)(H2,30,32,33,34,35). The van der Waals surface area contributed by atoms with Crippen molar-refractivity contribution >= 4 is 17.5 Å². The Morgan fingerprint density at radius 2 is 1.86 bits per heavy atom. The van der Waals surface area contributed by atoms with Gasteiger partial charge in [0.2, 0.25) is 0 Å². The number of pyridine rings is 2. The molecule has 10 heteroatoms. The van der Waals surface area contributed by atoms with Crippen LogP contribution in [0.5, 0.6) is 0 Å². The van der Waals surface area contributed by atoms with Gasteiger partial charge in [0.25, 0.3) is 5.91 Å². The molecule has 36 heavy (non-hydrogen) atoms. The van der Waals surface area contributed by atoms with E-state index in [4.69, 9.17) is 0 Å². The van der Waals surface area contributed by atoms with Gasteiger partial charge in [-0.2, -0.15) is 5.10 Å². The molecule has 0 saturated carbocycles. The van der Waals surface area contributed by atoms with E-state index in [1.807, 2.05) is 39.0 Å². The molecule has 4 aromatic rings. The molecule has 1 amide bonds. The molecule has 186 valence electrons. The summed E-state index contributed by atoms with van der Waals surface area (Å²) in [6.07, 6.45) is 4.13. The maximum atomic E-state index is 14.9. The van der Waals surface area contributed by atoms with Gasteiger partial charge in [0.05, 0.1) is 6.04 Å². The first kappa shape index (κ1) is 24.9. The van der Waals surface area contributed by atoms with Crippen LogP contribution in [0.4, 0.5) is 16.0 Å². The topological polar surface area (TPSA) is 121 Å². The van der Waals surface area contributed by atoms with Crippen molar-refractivity contribution in [3.05, 3.63) is 76.9 Å². The van der Waals surface area contributed by atoms with Gasteiger partial charge in [0.15, 0.2) is 23.2 Å². The monoisotopic (exact) mass is 488 g/mol. The van der Waals surface area contributed by atoms with Crippen LogP contribution in [0.2, 0.25) is 0 Å². The summed E-state index contributed by atoms with van der Waals surface area (Å²) in [6.45, 7) is 9.74. The molecule has 0 aliphatic heterocycles. The fourth-order valence-corrected chi connectivity index (χ4v) is 3.62. The number of halogens is 1. The number of aromatic nitrogens is 6. The molecular weight excluding hydrogens is 459 g/mol. The highest BCUT2D eigenvalue weighted by Gasteiger charge is 2.19. The highest BCUT2D eigenvalue weighted by molar-refractivity contribution is 5.93. The first-order valence-corrected chi connectivity index (χ1v) is 11.8. The van der Waals surface area contributed by atoms with E-state index in [2.05, 4.69) is 54.6 Å². The first-order chi connectivity index (χ1) is 17.2. The maximum absolute atomic E-state index is 14.9. The molecule has 0 bridgehead atoms.